The van der Waals surface area contributed by atoms with Crippen molar-refractivity contribution in [3.63, 3.8) is 0 Å². The first-order valence-electron chi connectivity index (χ1n) is 4.90. The van der Waals surface area contributed by atoms with Gasteiger partial charge < -0.3 is 0 Å². The van der Waals surface area contributed by atoms with Crippen molar-refractivity contribution >= 4 is 0 Å². The third kappa shape index (κ3) is 2.01. The Morgan fingerprint density at radius 1 is 0.933 bits per heavy atom. The zero-order valence-corrected chi connectivity index (χ0v) is 9.15. The predicted octanol–water partition coefficient (Wildman–Crippen LogP) is 2.46. The molecule has 2 heterocycles. The molecule has 0 saturated carbocycles. The third-order valence-corrected chi connectivity index (χ3v) is 2.25. The van der Waals surface area contributed by atoms with Crippen LogP contribution in [0.1, 0.15) is 17.0 Å². The minimum atomic E-state index is 0.776. The Labute approximate surface area is 89.2 Å². The maximum atomic E-state index is 4.40. The van der Waals surface area contributed by atoms with E-state index < -0.39 is 0 Å². The summed E-state index contributed by atoms with van der Waals surface area (Å²) in [6.45, 7) is 5.91. The first-order valence-corrected chi connectivity index (χ1v) is 4.90. The van der Waals surface area contributed by atoms with Gasteiger partial charge in [-0.05, 0) is 38.0 Å². The van der Waals surface area contributed by atoms with Gasteiger partial charge in [-0.15, -0.1) is 0 Å². The highest BCUT2D eigenvalue weighted by Crippen LogP contribution is 2.17. The fourth-order valence-corrected chi connectivity index (χ4v) is 1.40. The van der Waals surface area contributed by atoms with E-state index in [0.717, 1.165) is 28.3 Å². The number of hydrogen-bond acceptors (Lipinski definition) is 3. The van der Waals surface area contributed by atoms with Crippen molar-refractivity contribution in [2.24, 2.45) is 0 Å². The second-order valence-electron chi connectivity index (χ2n) is 3.67. The van der Waals surface area contributed by atoms with E-state index in [0.29, 0.717) is 0 Å². The highest BCUT2D eigenvalue weighted by Gasteiger charge is 2.05. The van der Waals surface area contributed by atoms with Crippen LogP contribution >= 0.6 is 0 Å². The number of aryl methyl sites for hydroxylation is 3. The Morgan fingerprint density at radius 2 is 1.73 bits per heavy atom. The second kappa shape index (κ2) is 3.77. The summed E-state index contributed by atoms with van der Waals surface area (Å²) in [6.07, 6.45) is 3.69. The summed E-state index contributed by atoms with van der Waals surface area (Å²) in [5.74, 6) is 0.776. The molecule has 0 radical (unpaired) electrons. The van der Waals surface area contributed by atoms with Gasteiger partial charge >= 0.3 is 0 Å². The highest BCUT2D eigenvalue weighted by atomic mass is 14.9. The van der Waals surface area contributed by atoms with Gasteiger partial charge in [0.1, 0.15) is 5.82 Å². The van der Waals surface area contributed by atoms with E-state index in [1.807, 2.05) is 45.3 Å². The molecule has 0 N–H and O–H groups in total. The normalized spacial score (nSPS) is 10.3. The summed E-state index contributed by atoms with van der Waals surface area (Å²) in [5, 5.41) is 0. The fraction of sp³-hybridized carbons (Fsp3) is 0.250. The average Bonchev–Trinajstić information content (AvgIpc) is 2.23. The Balaban J connectivity index is 2.53. The first kappa shape index (κ1) is 9.77. The van der Waals surface area contributed by atoms with Gasteiger partial charge in [-0.3, -0.25) is 4.98 Å². The molecule has 2 aromatic rings. The lowest BCUT2D eigenvalue weighted by Crippen LogP contribution is -1.95. The lowest BCUT2D eigenvalue weighted by Gasteiger charge is -2.04. The number of aromatic nitrogens is 3. The molecule has 15 heavy (non-hydrogen) atoms. The van der Waals surface area contributed by atoms with Crippen LogP contribution in [0, 0.1) is 20.8 Å². The lowest BCUT2D eigenvalue weighted by atomic mass is 10.1. The molecule has 0 spiro atoms. The largest absolute Gasteiger partial charge is 0.254 e. The number of pyridine rings is 1. The van der Waals surface area contributed by atoms with E-state index in [1.54, 1.807) is 0 Å². The van der Waals surface area contributed by atoms with Crippen LogP contribution in [0.4, 0.5) is 0 Å². The second-order valence-corrected chi connectivity index (χ2v) is 3.67. The van der Waals surface area contributed by atoms with Crippen molar-refractivity contribution in [1.82, 2.24) is 15.0 Å². The van der Waals surface area contributed by atoms with Crippen molar-refractivity contribution in [2.75, 3.05) is 0 Å². The summed E-state index contributed by atoms with van der Waals surface area (Å²) in [7, 11) is 0. The Kier molecular flexibility index (Phi) is 2.46. The van der Waals surface area contributed by atoms with Crippen molar-refractivity contribution in [3.05, 3.63) is 41.5 Å². The minimum absolute atomic E-state index is 0.776. The molecule has 0 aromatic carbocycles. The van der Waals surface area contributed by atoms with E-state index in [-0.39, 0.29) is 0 Å². The molecular formula is C12H13N3. The summed E-state index contributed by atoms with van der Waals surface area (Å²) in [4.78, 5) is 12.9. The van der Waals surface area contributed by atoms with E-state index in [9.17, 15) is 0 Å². The Hall–Kier alpha value is -1.77. The smallest absolute Gasteiger partial charge is 0.125 e. The molecular weight excluding hydrogens is 186 g/mol. The molecule has 2 aromatic heterocycles. The Bertz CT molecular complexity index is 475. The minimum Gasteiger partial charge on any atom is -0.254 e. The van der Waals surface area contributed by atoms with Crippen molar-refractivity contribution in [2.45, 2.75) is 20.8 Å². The standard InChI is InChI=1S/C12H13N3/c1-8-4-5-11(14-6-8)12-9(2)7-13-10(3)15-12/h4-7H,1-3H3. The van der Waals surface area contributed by atoms with Crippen LogP contribution in [-0.2, 0) is 0 Å². The van der Waals surface area contributed by atoms with Crippen LogP contribution in [0.3, 0.4) is 0 Å². The molecule has 0 amide bonds. The van der Waals surface area contributed by atoms with Crippen LogP contribution in [0.25, 0.3) is 11.4 Å². The van der Waals surface area contributed by atoms with Gasteiger partial charge in [0.05, 0.1) is 11.4 Å². The molecule has 0 unspecified atom stereocenters. The third-order valence-electron chi connectivity index (χ3n) is 2.25. The molecule has 3 nitrogen and oxygen atoms in total. The SMILES string of the molecule is Cc1ccc(-c2nc(C)ncc2C)nc1. The van der Waals surface area contributed by atoms with Crippen molar-refractivity contribution in [3.8, 4) is 11.4 Å². The maximum absolute atomic E-state index is 4.40. The topological polar surface area (TPSA) is 38.7 Å². The van der Waals surface area contributed by atoms with Gasteiger partial charge in [-0.25, -0.2) is 9.97 Å². The van der Waals surface area contributed by atoms with Crippen LogP contribution in [0.2, 0.25) is 0 Å². The molecule has 0 aliphatic heterocycles. The Morgan fingerprint density at radius 3 is 2.40 bits per heavy atom. The van der Waals surface area contributed by atoms with Crippen molar-refractivity contribution < 1.29 is 0 Å². The van der Waals surface area contributed by atoms with Crippen LogP contribution in [0.5, 0.6) is 0 Å². The monoisotopic (exact) mass is 199 g/mol. The lowest BCUT2D eigenvalue weighted by molar-refractivity contribution is 1.03. The zero-order chi connectivity index (χ0) is 10.8. The number of nitrogens with zero attached hydrogens (tertiary/aromatic N) is 3. The molecule has 76 valence electrons. The van der Waals surface area contributed by atoms with E-state index >= 15 is 0 Å². The van der Waals surface area contributed by atoms with Crippen LogP contribution in [0.15, 0.2) is 24.5 Å². The summed E-state index contributed by atoms with van der Waals surface area (Å²) >= 11 is 0. The predicted molar refractivity (Wildman–Crippen MR) is 59.5 cm³/mol. The van der Waals surface area contributed by atoms with E-state index in [4.69, 9.17) is 0 Å². The van der Waals surface area contributed by atoms with Gasteiger partial charge in [0.25, 0.3) is 0 Å². The van der Waals surface area contributed by atoms with Crippen LogP contribution in [-0.4, -0.2) is 15.0 Å². The quantitative estimate of drug-likeness (QED) is 0.708. The average molecular weight is 199 g/mol. The van der Waals surface area contributed by atoms with Crippen molar-refractivity contribution in [1.29, 1.82) is 0 Å². The summed E-state index contributed by atoms with van der Waals surface area (Å²) in [6, 6.07) is 4.03. The fourth-order valence-electron chi connectivity index (χ4n) is 1.40. The van der Waals surface area contributed by atoms with Gasteiger partial charge in [0.2, 0.25) is 0 Å². The molecule has 0 aliphatic carbocycles. The molecule has 0 fully saturated rings. The maximum Gasteiger partial charge on any atom is 0.125 e. The summed E-state index contributed by atoms with van der Waals surface area (Å²) in [5.41, 5.74) is 4.03. The van der Waals surface area contributed by atoms with Crippen LogP contribution < -0.4 is 0 Å². The molecule has 0 aliphatic rings. The van der Waals surface area contributed by atoms with Gasteiger partial charge in [0.15, 0.2) is 0 Å². The number of rotatable bonds is 1. The molecule has 0 atom stereocenters. The van der Waals surface area contributed by atoms with E-state index in [1.165, 1.54) is 0 Å². The molecule has 0 bridgehead atoms. The molecule has 3 heteroatoms. The first-order chi connectivity index (χ1) is 7.16. The van der Waals surface area contributed by atoms with Gasteiger partial charge in [-0.2, -0.15) is 0 Å². The van der Waals surface area contributed by atoms with Gasteiger partial charge in [0, 0.05) is 12.4 Å². The number of hydrogen-bond donors (Lipinski definition) is 0. The van der Waals surface area contributed by atoms with E-state index in [2.05, 4.69) is 15.0 Å². The molecule has 0 saturated heterocycles. The van der Waals surface area contributed by atoms with Gasteiger partial charge in [-0.1, -0.05) is 6.07 Å². The summed E-state index contributed by atoms with van der Waals surface area (Å²) < 4.78 is 0. The highest BCUT2D eigenvalue weighted by molar-refractivity contribution is 5.57. The zero-order valence-electron chi connectivity index (χ0n) is 9.15. The molecule has 2 rings (SSSR count).